The van der Waals surface area contributed by atoms with Gasteiger partial charge in [-0.1, -0.05) is 42.5 Å². The molecule has 3 rings (SSSR count). The fraction of sp³-hybridized carbons (Fsp3) is 0.409. The van der Waals surface area contributed by atoms with E-state index in [-0.39, 0.29) is 5.91 Å². The van der Waals surface area contributed by atoms with Crippen molar-refractivity contribution < 1.29 is 9.53 Å². The van der Waals surface area contributed by atoms with Crippen molar-refractivity contribution in [3.63, 3.8) is 0 Å². The standard InChI is InChI=1S/C22H28N2O2/c1-26-21-11-9-20(10-12-21)17-24(16-13-19-7-3-2-4-8-19)22(25)18-23-14-5-6-15-23/h2-4,7-12H,5-6,13-18H2,1H3. The Morgan fingerprint density at radius 1 is 1.00 bits per heavy atom. The lowest BCUT2D eigenvalue weighted by atomic mass is 10.1. The molecule has 2 aromatic carbocycles. The Hall–Kier alpha value is -2.33. The summed E-state index contributed by atoms with van der Waals surface area (Å²) in [5.41, 5.74) is 2.40. The molecule has 1 heterocycles. The molecule has 0 aromatic heterocycles. The summed E-state index contributed by atoms with van der Waals surface area (Å²) in [6.45, 7) is 4.00. The Morgan fingerprint density at radius 3 is 2.35 bits per heavy atom. The van der Waals surface area contributed by atoms with Crippen LogP contribution in [0.2, 0.25) is 0 Å². The zero-order chi connectivity index (χ0) is 18.2. The van der Waals surface area contributed by atoms with Crippen LogP contribution in [-0.2, 0) is 17.8 Å². The largest absolute Gasteiger partial charge is 0.497 e. The summed E-state index contributed by atoms with van der Waals surface area (Å²) in [4.78, 5) is 17.2. The SMILES string of the molecule is COc1ccc(CN(CCc2ccccc2)C(=O)CN2CCCC2)cc1. The van der Waals surface area contributed by atoms with Crippen molar-refractivity contribution in [3.05, 3.63) is 65.7 Å². The molecule has 26 heavy (non-hydrogen) atoms. The number of methoxy groups -OCH3 is 1. The molecule has 1 saturated heterocycles. The molecular weight excluding hydrogens is 324 g/mol. The summed E-state index contributed by atoms with van der Waals surface area (Å²) < 4.78 is 5.23. The lowest BCUT2D eigenvalue weighted by Crippen LogP contribution is -2.40. The summed E-state index contributed by atoms with van der Waals surface area (Å²) in [7, 11) is 1.67. The highest BCUT2D eigenvalue weighted by atomic mass is 16.5. The fourth-order valence-corrected chi connectivity index (χ4v) is 3.38. The fourth-order valence-electron chi connectivity index (χ4n) is 3.38. The molecule has 0 saturated carbocycles. The van der Waals surface area contributed by atoms with Crippen LogP contribution >= 0.6 is 0 Å². The second kappa shape index (κ2) is 9.39. The van der Waals surface area contributed by atoms with E-state index in [9.17, 15) is 4.79 Å². The molecule has 0 radical (unpaired) electrons. The molecule has 1 amide bonds. The molecule has 0 atom stereocenters. The van der Waals surface area contributed by atoms with E-state index in [4.69, 9.17) is 4.74 Å². The predicted octanol–water partition coefficient (Wildman–Crippen LogP) is 3.36. The highest BCUT2D eigenvalue weighted by molar-refractivity contribution is 5.78. The first kappa shape index (κ1) is 18.5. The lowest BCUT2D eigenvalue weighted by molar-refractivity contribution is -0.132. The number of benzene rings is 2. The third-order valence-electron chi connectivity index (χ3n) is 4.96. The number of nitrogens with zero attached hydrogens (tertiary/aromatic N) is 2. The highest BCUT2D eigenvalue weighted by Gasteiger charge is 2.20. The van der Waals surface area contributed by atoms with E-state index in [1.807, 2.05) is 35.2 Å². The van der Waals surface area contributed by atoms with E-state index < -0.39 is 0 Å². The number of likely N-dealkylation sites (tertiary alicyclic amines) is 1. The Labute approximate surface area is 156 Å². The van der Waals surface area contributed by atoms with Gasteiger partial charge in [0.05, 0.1) is 13.7 Å². The first-order valence-electron chi connectivity index (χ1n) is 9.41. The van der Waals surface area contributed by atoms with Crippen molar-refractivity contribution in [3.8, 4) is 5.75 Å². The molecule has 1 fully saturated rings. The maximum Gasteiger partial charge on any atom is 0.237 e. The number of hydrogen-bond acceptors (Lipinski definition) is 3. The summed E-state index contributed by atoms with van der Waals surface area (Å²) in [5, 5.41) is 0. The van der Waals surface area contributed by atoms with Crippen molar-refractivity contribution in [1.29, 1.82) is 0 Å². The molecule has 2 aromatic rings. The second-order valence-electron chi connectivity index (χ2n) is 6.88. The molecule has 1 aliphatic rings. The Balaban J connectivity index is 1.65. The summed E-state index contributed by atoms with van der Waals surface area (Å²) in [6.07, 6.45) is 3.29. The molecule has 0 spiro atoms. The minimum Gasteiger partial charge on any atom is -0.497 e. The third kappa shape index (κ3) is 5.33. The number of amides is 1. The zero-order valence-electron chi connectivity index (χ0n) is 15.6. The van der Waals surface area contributed by atoms with Crippen molar-refractivity contribution in [2.45, 2.75) is 25.8 Å². The smallest absolute Gasteiger partial charge is 0.237 e. The van der Waals surface area contributed by atoms with E-state index in [2.05, 4.69) is 29.2 Å². The van der Waals surface area contributed by atoms with Gasteiger partial charge in [-0.15, -0.1) is 0 Å². The van der Waals surface area contributed by atoms with Crippen LogP contribution in [0.15, 0.2) is 54.6 Å². The predicted molar refractivity (Wildman–Crippen MR) is 104 cm³/mol. The maximum absolute atomic E-state index is 12.9. The summed E-state index contributed by atoms with van der Waals surface area (Å²) in [5.74, 6) is 1.06. The van der Waals surface area contributed by atoms with Gasteiger partial charge in [-0.2, -0.15) is 0 Å². The van der Waals surface area contributed by atoms with Crippen LogP contribution in [-0.4, -0.2) is 49.0 Å². The van der Waals surface area contributed by atoms with E-state index in [1.54, 1.807) is 7.11 Å². The Kier molecular flexibility index (Phi) is 6.67. The quantitative estimate of drug-likeness (QED) is 0.730. The van der Waals surface area contributed by atoms with Crippen LogP contribution in [0.5, 0.6) is 5.75 Å². The molecule has 0 bridgehead atoms. The van der Waals surface area contributed by atoms with Crippen molar-refractivity contribution >= 4 is 5.91 Å². The van der Waals surface area contributed by atoms with Crippen molar-refractivity contribution in [2.24, 2.45) is 0 Å². The number of carbonyl (C=O) groups is 1. The molecule has 4 heteroatoms. The van der Waals surface area contributed by atoms with E-state index in [0.29, 0.717) is 13.1 Å². The average Bonchev–Trinajstić information content (AvgIpc) is 3.19. The molecular formula is C22H28N2O2. The van der Waals surface area contributed by atoms with Gasteiger partial charge in [0.1, 0.15) is 5.75 Å². The summed E-state index contributed by atoms with van der Waals surface area (Å²) >= 11 is 0. The van der Waals surface area contributed by atoms with Crippen LogP contribution in [0.4, 0.5) is 0 Å². The Morgan fingerprint density at radius 2 is 1.69 bits per heavy atom. The molecule has 0 aliphatic carbocycles. The Bertz CT molecular complexity index is 679. The van der Waals surface area contributed by atoms with E-state index in [0.717, 1.165) is 37.4 Å². The van der Waals surface area contributed by atoms with Gasteiger partial charge in [0.25, 0.3) is 0 Å². The van der Waals surface area contributed by atoms with Gasteiger partial charge in [0.15, 0.2) is 0 Å². The maximum atomic E-state index is 12.9. The van der Waals surface area contributed by atoms with Crippen molar-refractivity contribution in [1.82, 2.24) is 9.80 Å². The summed E-state index contributed by atoms with van der Waals surface area (Å²) in [6, 6.07) is 18.4. The minimum absolute atomic E-state index is 0.221. The average molecular weight is 352 g/mol. The van der Waals surface area contributed by atoms with Gasteiger partial charge >= 0.3 is 0 Å². The molecule has 0 N–H and O–H groups in total. The topological polar surface area (TPSA) is 32.8 Å². The number of hydrogen-bond donors (Lipinski definition) is 0. The number of carbonyl (C=O) groups excluding carboxylic acids is 1. The first-order chi connectivity index (χ1) is 12.7. The van der Waals surface area contributed by atoms with Crippen LogP contribution in [0.25, 0.3) is 0 Å². The zero-order valence-corrected chi connectivity index (χ0v) is 15.6. The highest BCUT2D eigenvalue weighted by Crippen LogP contribution is 2.15. The lowest BCUT2D eigenvalue weighted by Gasteiger charge is -2.25. The first-order valence-corrected chi connectivity index (χ1v) is 9.41. The van der Waals surface area contributed by atoms with Crippen molar-refractivity contribution in [2.75, 3.05) is 33.3 Å². The monoisotopic (exact) mass is 352 g/mol. The molecule has 138 valence electrons. The molecule has 1 aliphatic heterocycles. The normalized spacial score (nSPS) is 14.3. The van der Waals surface area contributed by atoms with Crippen LogP contribution in [0.1, 0.15) is 24.0 Å². The van der Waals surface area contributed by atoms with Gasteiger partial charge in [0.2, 0.25) is 5.91 Å². The number of rotatable bonds is 8. The third-order valence-corrected chi connectivity index (χ3v) is 4.96. The van der Waals surface area contributed by atoms with Gasteiger partial charge < -0.3 is 9.64 Å². The molecule has 0 unspecified atom stereocenters. The van der Waals surface area contributed by atoms with E-state index in [1.165, 1.54) is 18.4 Å². The second-order valence-corrected chi connectivity index (χ2v) is 6.88. The van der Waals surface area contributed by atoms with E-state index >= 15 is 0 Å². The minimum atomic E-state index is 0.221. The van der Waals surface area contributed by atoms with Crippen LogP contribution < -0.4 is 4.74 Å². The van der Waals surface area contributed by atoms with Crippen LogP contribution in [0.3, 0.4) is 0 Å². The van der Waals surface area contributed by atoms with Gasteiger partial charge in [-0.25, -0.2) is 0 Å². The van der Waals surface area contributed by atoms with Crippen LogP contribution in [0, 0.1) is 0 Å². The van der Waals surface area contributed by atoms with Gasteiger partial charge in [0, 0.05) is 13.1 Å². The van der Waals surface area contributed by atoms with Gasteiger partial charge in [-0.05, 0) is 55.6 Å². The number of ether oxygens (including phenoxy) is 1. The van der Waals surface area contributed by atoms with Gasteiger partial charge in [-0.3, -0.25) is 9.69 Å². The molecule has 4 nitrogen and oxygen atoms in total.